The third-order valence-electron chi connectivity index (χ3n) is 6.23. The Morgan fingerprint density at radius 1 is 1.00 bits per heavy atom. The molecular weight excluding hydrogens is 360 g/mol. The van der Waals surface area contributed by atoms with Crippen molar-refractivity contribution in [2.24, 2.45) is 0 Å². The lowest BCUT2D eigenvalue weighted by atomic mass is 10.00. The van der Waals surface area contributed by atoms with E-state index in [4.69, 9.17) is 4.98 Å². The number of aromatic nitrogens is 2. The SMILES string of the molecule is CCC1CCCCN1c1cc(C)nc(Nc2ccc(N3CCN(C)CC3)cc2)n1. The lowest BCUT2D eigenvalue weighted by Gasteiger charge is -2.36. The van der Waals surface area contributed by atoms with Crippen molar-refractivity contribution in [3.63, 3.8) is 0 Å². The summed E-state index contributed by atoms with van der Waals surface area (Å²) in [7, 11) is 2.19. The van der Waals surface area contributed by atoms with Gasteiger partial charge in [-0.05, 0) is 63.9 Å². The molecule has 1 unspecified atom stereocenters. The van der Waals surface area contributed by atoms with Gasteiger partial charge in [0.05, 0.1) is 0 Å². The van der Waals surface area contributed by atoms with Crippen LogP contribution in [-0.2, 0) is 0 Å². The Bertz CT molecular complexity index is 798. The number of hydrogen-bond acceptors (Lipinski definition) is 6. The van der Waals surface area contributed by atoms with Gasteiger partial charge in [-0.1, -0.05) is 6.92 Å². The molecule has 0 saturated carbocycles. The number of aryl methyl sites for hydroxylation is 1. The van der Waals surface area contributed by atoms with Crippen LogP contribution in [0.25, 0.3) is 0 Å². The molecule has 2 fully saturated rings. The molecule has 6 nitrogen and oxygen atoms in total. The molecule has 0 bridgehead atoms. The Kier molecular flexibility index (Phi) is 6.19. The second-order valence-corrected chi connectivity index (χ2v) is 8.40. The first-order chi connectivity index (χ1) is 14.1. The normalized spacial score (nSPS) is 20.7. The van der Waals surface area contributed by atoms with Gasteiger partial charge in [-0.15, -0.1) is 0 Å². The van der Waals surface area contributed by atoms with Gasteiger partial charge in [-0.2, -0.15) is 4.98 Å². The van der Waals surface area contributed by atoms with E-state index in [1.807, 2.05) is 0 Å². The summed E-state index contributed by atoms with van der Waals surface area (Å²) >= 11 is 0. The van der Waals surface area contributed by atoms with Gasteiger partial charge in [-0.3, -0.25) is 0 Å². The summed E-state index contributed by atoms with van der Waals surface area (Å²) in [5.41, 5.74) is 3.32. The van der Waals surface area contributed by atoms with E-state index >= 15 is 0 Å². The van der Waals surface area contributed by atoms with Gasteiger partial charge < -0.3 is 20.0 Å². The standard InChI is InChI=1S/C23H34N6/c1-4-20-7-5-6-12-29(20)22-17-18(2)24-23(26-22)25-19-8-10-21(11-9-19)28-15-13-27(3)14-16-28/h8-11,17,20H,4-7,12-16H2,1-3H3,(H,24,25,26). The fourth-order valence-corrected chi connectivity index (χ4v) is 4.43. The predicted molar refractivity (Wildman–Crippen MR) is 121 cm³/mol. The third-order valence-corrected chi connectivity index (χ3v) is 6.23. The number of nitrogens with zero attached hydrogens (tertiary/aromatic N) is 5. The number of rotatable bonds is 5. The maximum Gasteiger partial charge on any atom is 0.229 e. The molecule has 0 radical (unpaired) electrons. The van der Waals surface area contributed by atoms with Crippen molar-refractivity contribution in [2.75, 3.05) is 54.9 Å². The van der Waals surface area contributed by atoms with E-state index in [9.17, 15) is 0 Å². The average molecular weight is 395 g/mol. The van der Waals surface area contributed by atoms with Crippen LogP contribution in [0, 0.1) is 6.92 Å². The largest absolute Gasteiger partial charge is 0.369 e. The zero-order valence-electron chi connectivity index (χ0n) is 18.1. The van der Waals surface area contributed by atoms with Gasteiger partial charge in [0.2, 0.25) is 5.95 Å². The van der Waals surface area contributed by atoms with Crippen LogP contribution in [0.3, 0.4) is 0 Å². The van der Waals surface area contributed by atoms with E-state index in [-0.39, 0.29) is 0 Å². The maximum absolute atomic E-state index is 4.86. The molecule has 156 valence electrons. The molecule has 4 rings (SSSR count). The van der Waals surface area contributed by atoms with E-state index in [1.54, 1.807) is 0 Å². The maximum atomic E-state index is 4.86. The van der Waals surface area contributed by atoms with E-state index in [2.05, 4.69) is 76.2 Å². The zero-order valence-corrected chi connectivity index (χ0v) is 18.1. The van der Waals surface area contributed by atoms with E-state index in [0.717, 1.165) is 49.9 Å². The molecule has 0 aliphatic carbocycles. The summed E-state index contributed by atoms with van der Waals surface area (Å²) in [4.78, 5) is 16.8. The molecule has 2 aliphatic rings. The monoisotopic (exact) mass is 394 g/mol. The van der Waals surface area contributed by atoms with Gasteiger partial charge in [-0.25, -0.2) is 4.98 Å². The van der Waals surface area contributed by atoms with Crippen LogP contribution >= 0.6 is 0 Å². The summed E-state index contributed by atoms with van der Waals surface area (Å²) in [6, 6.07) is 11.4. The molecule has 1 aromatic carbocycles. The third kappa shape index (κ3) is 4.81. The molecule has 1 N–H and O–H groups in total. The lowest BCUT2D eigenvalue weighted by Crippen LogP contribution is -2.44. The summed E-state index contributed by atoms with van der Waals surface area (Å²) in [5, 5.41) is 3.42. The predicted octanol–water partition coefficient (Wildman–Crippen LogP) is 4.05. The minimum absolute atomic E-state index is 0.591. The lowest BCUT2D eigenvalue weighted by molar-refractivity contribution is 0.313. The number of likely N-dealkylation sites (N-methyl/N-ethyl adjacent to an activating group) is 1. The number of piperidine rings is 1. The van der Waals surface area contributed by atoms with Crippen molar-refractivity contribution in [1.29, 1.82) is 0 Å². The van der Waals surface area contributed by atoms with Crippen molar-refractivity contribution in [3.8, 4) is 0 Å². The van der Waals surface area contributed by atoms with Gasteiger partial charge >= 0.3 is 0 Å². The average Bonchev–Trinajstić information content (AvgIpc) is 2.74. The molecule has 29 heavy (non-hydrogen) atoms. The Balaban J connectivity index is 1.47. The summed E-state index contributed by atoms with van der Waals surface area (Å²) in [6.45, 7) is 9.83. The molecule has 2 saturated heterocycles. The number of benzene rings is 1. The van der Waals surface area contributed by atoms with Crippen molar-refractivity contribution in [3.05, 3.63) is 36.0 Å². The van der Waals surface area contributed by atoms with Gasteiger partial charge in [0.1, 0.15) is 5.82 Å². The Hall–Kier alpha value is -2.34. The number of hydrogen-bond donors (Lipinski definition) is 1. The van der Waals surface area contributed by atoms with Crippen LogP contribution in [-0.4, -0.2) is 60.7 Å². The van der Waals surface area contributed by atoms with E-state index in [0.29, 0.717) is 12.0 Å². The van der Waals surface area contributed by atoms with Gasteiger partial charge in [0.25, 0.3) is 0 Å². The highest BCUT2D eigenvalue weighted by atomic mass is 15.3. The van der Waals surface area contributed by atoms with Crippen LogP contribution in [0.5, 0.6) is 0 Å². The minimum atomic E-state index is 0.591. The Morgan fingerprint density at radius 2 is 1.76 bits per heavy atom. The molecule has 3 heterocycles. The summed E-state index contributed by atoms with van der Waals surface area (Å²) < 4.78 is 0. The fourth-order valence-electron chi connectivity index (χ4n) is 4.43. The van der Waals surface area contributed by atoms with Crippen LogP contribution in [0.15, 0.2) is 30.3 Å². The summed E-state index contributed by atoms with van der Waals surface area (Å²) in [5.74, 6) is 1.74. The highest BCUT2D eigenvalue weighted by molar-refractivity contribution is 5.60. The molecule has 1 aromatic heterocycles. The summed E-state index contributed by atoms with van der Waals surface area (Å²) in [6.07, 6.45) is 5.00. The van der Waals surface area contributed by atoms with Gasteiger partial charge in [0.15, 0.2) is 0 Å². The first kappa shape index (κ1) is 20.0. The second kappa shape index (κ2) is 8.99. The number of anilines is 4. The second-order valence-electron chi connectivity index (χ2n) is 8.40. The smallest absolute Gasteiger partial charge is 0.229 e. The van der Waals surface area contributed by atoms with Crippen molar-refractivity contribution < 1.29 is 0 Å². The van der Waals surface area contributed by atoms with E-state index < -0.39 is 0 Å². The first-order valence-electron chi connectivity index (χ1n) is 11.1. The zero-order chi connectivity index (χ0) is 20.2. The van der Waals surface area contributed by atoms with Crippen LogP contribution in [0.4, 0.5) is 23.1 Å². The molecular formula is C23H34N6. The minimum Gasteiger partial charge on any atom is -0.369 e. The van der Waals surface area contributed by atoms with Crippen LogP contribution < -0.4 is 15.1 Å². The highest BCUT2D eigenvalue weighted by Gasteiger charge is 2.23. The molecule has 2 aromatic rings. The highest BCUT2D eigenvalue weighted by Crippen LogP contribution is 2.27. The number of nitrogens with one attached hydrogen (secondary N) is 1. The molecule has 6 heteroatoms. The van der Waals surface area contributed by atoms with Crippen LogP contribution in [0.2, 0.25) is 0 Å². The van der Waals surface area contributed by atoms with Gasteiger partial charge in [0, 0.05) is 61.9 Å². The molecule has 0 spiro atoms. The van der Waals surface area contributed by atoms with Crippen molar-refractivity contribution >= 4 is 23.1 Å². The topological polar surface area (TPSA) is 47.5 Å². The van der Waals surface area contributed by atoms with Crippen molar-refractivity contribution in [2.45, 2.75) is 45.6 Å². The van der Waals surface area contributed by atoms with E-state index in [1.165, 1.54) is 31.4 Å². The molecule has 2 aliphatic heterocycles. The Morgan fingerprint density at radius 3 is 2.48 bits per heavy atom. The first-order valence-corrected chi connectivity index (χ1v) is 11.1. The van der Waals surface area contributed by atoms with Crippen molar-refractivity contribution in [1.82, 2.24) is 14.9 Å². The molecule has 0 amide bonds. The number of piperazine rings is 1. The molecule has 1 atom stereocenters. The van der Waals surface area contributed by atoms with Crippen LogP contribution in [0.1, 0.15) is 38.3 Å². The Labute approximate surface area is 174 Å². The quantitative estimate of drug-likeness (QED) is 0.826. The fraction of sp³-hybridized carbons (Fsp3) is 0.565.